The number of rotatable bonds is 1. The smallest absolute Gasteiger partial charge is 0.410 e. The Morgan fingerprint density at radius 2 is 1.89 bits per heavy atom. The van der Waals surface area contributed by atoms with Crippen molar-refractivity contribution in [2.75, 3.05) is 50.0 Å². The molecule has 3 aliphatic rings. The summed E-state index contributed by atoms with van der Waals surface area (Å²) in [7, 11) is 0. The van der Waals surface area contributed by atoms with Gasteiger partial charge in [-0.25, -0.2) is 4.79 Å². The SMILES string of the molecule is CC(C)(C)OC(=O)N1CCC(N2CCN3c4ccc(N)cc4OC[C@H]3C2)CC1. The molecule has 3 aliphatic heterocycles. The second-order valence-electron chi connectivity index (χ2n) is 9.08. The number of ether oxygens (including phenoxy) is 2. The Bertz CT molecular complexity index is 725. The van der Waals surface area contributed by atoms with Crippen molar-refractivity contribution in [3.05, 3.63) is 18.2 Å². The van der Waals surface area contributed by atoms with Crippen molar-refractivity contribution in [3.63, 3.8) is 0 Å². The molecular formula is C21H32N4O3. The number of nitrogens with two attached hydrogens (primary N) is 1. The maximum absolute atomic E-state index is 12.3. The van der Waals surface area contributed by atoms with E-state index < -0.39 is 5.60 Å². The number of anilines is 2. The number of nitrogens with zero attached hydrogens (tertiary/aromatic N) is 3. The molecular weight excluding hydrogens is 356 g/mol. The van der Waals surface area contributed by atoms with Crippen molar-refractivity contribution in [1.29, 1.82) is 0 Å². The summed E-state index contributed by atoms with van der Waals surface area (Å²) in [4.78, 5) is 19.2. The molecule has 1 aromatic carbocycles. The molecule has 0 radical (unpaired) electrons. The summed E-state index contributed by atoms with van der Waals surface area (Å²) in [5.74, 6) is 0.898. The number of fused-ring (bicyclic) bond motifs is 3. The molecule has 0 saturated carbocycles. The minimum atomic E-state index is -0.438. The highest BCUT2D eigenvalue weighted by Crippen LogP contribution is 2.37. The molecule has 0 spiro atoms. The first-order valence-electron chi connectivity index (χ1n) is 10.3. The van der Waals surface area contributed by atoms with Gasteiger partial charge in [0.1, 0.15) is 18.0 Å². The third-order valence-corrected chi connectivity index (χ3v) is 5.87. The summed E-state index contributed by atoms with van der Waals surface area (Å²) in [5.41, 5.74) is 7.35. The van der Waals surface area contributed by atoms with Crippen LogP contribution in [0.15, 0.2) is 18.2 Å². The van der Waals surface area contributed by atoms with Crippen LogP contribution in [-0.2, 0) is 4.74 Å². The lowest BCUT2D eigenvalue weighted by atomic mass is 10.00. The molecule has 3 heterocycles. The minimum absolute atomic E-state index is 0.188. The number of amides is 1. The third kappa shape index (κ3) is 3.99. The van der Waals surface area contributed by atoms with Crippen LogP contribution in [0.4, 0.5) is 16.2 Å². The Labute approximate surface area is 167 Å². The van der Waals surface area contributed by atoms with Crippen molar-refractivity contribution in [2.45, 2.75) is 51.3 Å². The number of piperazine rings is 1. The first-order chi connectivity index (χ1) is 13.3. The highest BCUT2D eigenvalue weighted by atomic mass is 16.6. The second kappa shape index (κ2) is 7.35. The lowest BCUT2D eigenvalue weighted by Gasteiger charge is -2.49. The van der Waals surface area contributed by atoms with E-state index >= 15 is 0 Å². The van der Waals surface area contributed by atoms with Crippen molar-refractivity contribution in [3.8, 4) is 5.75 Å². The lowest BCUT2D eigenvalue weighted by molar-refractivity contribution is 0.0123. The van der Waals surface area contributed by atoms with Crippen LogP contribution in [0.25, 0.3) is 0 Å². The fraction of sp³-hybridized carbons (Fsp3) is 0.667. The topological polar surface area (TPSA) is 71.3 Å². The summed E-state index contributed by atoms with van der Waals surface area (Å²) in [6.07, 6.45) is 1.81. The molecule has 7 heteroatoms. The molecule has 1 amide bonds. The molecule has 0 unspecified atom stereocenters. The number of likely N-dealkylation sites (tertiary alicyclic amines) is 1. The maximum Gasteiger partial charge on any atom is 0.410 e. The van der Waals surface area contributed by atoms with Gasteiger partial charge >= 0.3 is 6.09 Å². The zero-order chi connectivity index (χ0) is 19.9. The zero-order valence-corrected chi connectivity index (χ0v) is 17.2. The number of piperidine rings is 1. The highest BCUT2D eigenvalue weighted by Gasteiger charge is 2.37. The van der Waals surface area contributed by atoms with Gasteiger partial charge in [-0.15, -0.1) is 0 Å². The highest BCUT2D eigenvalue weighted by molar-refractivity contribution is 5.68. The molecule has 1 aromatic rings. The van der Waals surface area contributed by atoms with Crippen LogP contribution in [0.1, 0.15) is 33.6 Å². The zero-order valence-electron chi connectivity index (χ0n) is 17.2. The summed E-state index contributed by atoms with van der Waals surface area (Å²) in [6, 6.07) is 6.84. The molecule has 0 aromatic heterocycles. The first-order valence-corrected chi connectivity index (χ1v) is 10.3. The Hall–Kier alpha value is -2.15. The van der Waals surface area contributed by atoms with Crippen LogP contribution < -0.4 is 15.4 Å². The van der Waals surface area contributed by atoms with Gasteiger partial charge in [0.25, 0.3) is 0 Å². The van der Waals surface area contributed by atoms with Gasteiger partial charge in [0.15, 0.2) is 0 Å². The van der Waals surface area contributed by atoms with E-state index in [1.165, 1.54) is 0 Å². The second-order valence-corrected chi connectivity index (χ2v) is 9.08. The largest absolute Gasteiger partial charge is 0.489 e. The number of hydrogen-bond donors (Lipinski definition) is 1. The standard InChI is InChI=1S/C21H32N4O3/c1-21(2,3)28-20(26)23-8-6-16(7-9-23)24-10-11-25-17(13-24)14-27-19-12-15(22)4-5-18(19)25/h4-5,12,16-17H,6-11,13-14,22H2,1-3H3/t17-/m1/s1. The first kappa shape index (κ1) is 19.2. The molecule has 7 nitrogen and oxygen atoms in total. The molecule has 1 atom stereocenters. The fourth-order valence-electron chi connectivity index (χ4n) is 4.48. The summed E-state index contributed by atoms with van der Waals surface area (Å²) in [6.45, 7) is 11.0. The van der Waals surface area contributed by atoms with Crippen LogP contribution in [0.3, 0.4) is 0 Å². The van der Waals surface area contributed by atoms with Gasteiger partial charge in [0, 0.05) is 50.5 Å². The van der Waals surface area contributed by atoms with Gasteiger partial charge in [-0.3, -0.25) is 4.90 Å². The van der Waals surface area contributed by atoms with Gasteiger partial charge in [-0.05, 0) is 45.7 Å². The number of nitrogen functional groups attached to an aromatic ring is 1. The van der Waals surface area contributed by atoms with Crippen molar-refractivity contribution >= 4 is 17.5 Å². The van der Waals surface area contributed by atoms with Crippen LogP contribution >= 0.6 is 0 Å². The Morgan fingerprint density at radius 3 is 2.61 bits per heavy atom. The maximum atomic E-state index is 12.3. The molecule has 4 rings (SSSR count). The number of carbonyl (C=O) groups excluding carboxylic acids is 1. The normalized spacial score (nSPS) is 23.6. The predicted molar refractivity (Wildman–Crippen MR) is 110 cm³/mol. The summed E-state index contributed by atoms with van der Waals surface area (Å²) >= 11 is 0. The Kier molecular flexibility index (Phi) is 5.04. The Morgan fingerprint density at radius 1 is 1.14 bits per heavy atom. The molecule has 0 bridgehead atoms. The van der Waals surface area contributed by atoms with Crippen LogP contribution in [0, 0.1) is 0 Å². The van der Waals surface area contributed by atoms with Crippen LogP contribution in [0.5, 0.6) is 5.75 Å². The van der Waals surface area contributed by atoms with Crippen molar-refractivity contribution in [2.24, 2.45) is 0 Å². The van der Waals surface area contributed by atoms with Gasteiger partial charge in [-0.2, -0.15) is 0 Å². The lowest BCUT2D eigenvalue weighted by Crippen LogP contribution is -2.60. The van der Waals surface area contributed by atoms with Crippen molar-refractivity contribution in [1.82, 2.24) is 9.80 Å². The molecule has 2 N–H and O–H groups in total. The van der Waals surface area contributed by atoms with Gasteiger partial charge in [0.2, 0.25) is 0 Å². The molecule has 2 fully saturated rings. The average Bonchev–Trinajstić information content (AvgIpc) is 2.66. The molecule has 2 saturated heterocycles. The van der Waals surface area contributed by atoms with Gasteiger partial charge in [0.05, 0.1) is 11.7 Å². The Balaban J connectivity index is 1.32. The van der Waals surface area contributed by atoms with E-state index in [9.17, 15) is 4.79 Å². The molecule has 0 aliphatic carbocycles. The van der Waals surface area contributed by atoms with E-state index in [1.807, 2.05) is 37.8 Å². The molecule has 28 heavy (non-hydrogen) atoms. The van der Waals surface area contributed by atoms with Crippen LogP contribution in [-0.4, -0.2) is 72.9 Å². The monoisotopic (exact) mass is 388 g/mol. The van der Waals surface area contributed by atoms with Crippen LogP contribution in [0.2, 0.25) is 0 Å². The predicted octanol–water partition coefficient (Wildman–Crippen LogP) is 2.55. The average molecular weight is 389 g/mol. The van der Waals surface area contributed by atoms with E-state index in [0.717, 1.165) is 62.7 Å². The van der Waals surface area contributed by atoms with Crippen molar-refractivity contribution < 1.29 is 14.3 Å². The van der Waals surface area contributed by atoms with E-state index in [2.05, 4.69) is 15.9 Å². The van der Waals surface area contributed by atoms with Gasteiger partial charge < -0.3 is 25.0 Å². The van der Waals surface area contributed by atoms with E-state index in [-0.39, 0.29) is 6.09 Å². The van der Waals surface area contributed by atoms with E-state index in [4.69, 9.17) is 15.2 Å². The summed E-state index contributed by atoms with van der Waals surface area (Å²) < 4.78 is 11.5. The quantitative estimate of drug-likeness (QED) is 0.746. The van der Waals surface area contributed by atoms with Gasteiger partial charge in [-0.1, -0.05) is 0 Å². The minimum Gasteiger partial charge on any atom is -0.489 e. The summed E-state index contributed by atoms with van der Waals surface area (Å²) in [5, 5.41) is 0. The fourth-order valence-corrected chi connectivity index (χ4v) is 4.48. The van der Waals surface area contributed by atoms with E-state index in [0.29, 0.717) is 18.7 Å². The van der Waals surface area contributed by atoms with E-state index in [1.54, 1.807) is 0 Å². The number of benzene rings is 1. The molecule has 154 valence electrons. The third-order valence-electron chi connectivity index (χ3n) is 5.87. The number of carbonyl (C=O) groups is 1. The number of hydrogen-bond acceptors (Lipinski definition) is 6.